The summed E-state index contributed by atoms with van der Waals surface area (Å²) >= 11 is 0. The van der Waals surface area contributed by atoms with Gasteiger partial charge in [0, 0.05) is 5.92 Å². The molecule has 10 N–H and O–H groups in total. The molecule has 8 rings (SSSR count). The standard InChI is InChI=1S/C46H72O17/c1-20-10-13-46(41(56)57)15-14-44(6)22(29(46)21(20)2)8-9-28-43(5)16-23(48)37(42(3,4)27(43)11-12-45(28,44)7)63-40-36(62-39-34(55)31(52)25(50)19-59-39)35(32(53)26(17-47)60-40)61-38-33(54)30(51)24(49)18-58-38/h8,21,23-40,47-55H,1,9-19H2,2-7H3,(H,56,57). The number of carboxylic acids is 1. The van der Waals surface area contributed by atoms with E-state index in [0.717, 1.165) is 31.3 Å². The van der Waals surface area contributed by atoms with E-state index < -0.39 is 134 Å². The zero-order valence-electron chi connectivity index (χ0n) is 37.4. The molecule has 0 aromatic carbocycles. The quantitative estimate of drug-likeness (QED) is 0.119. The number of carboxylic acid groups (broad SMARTS) is 1. The summed E-state index contributed by atoms with van der Waals surface area (Å²) in [4.78, 5) is 13.2. The van der Waals surface area contributed by atoms with E-state index in [1.165, 1.54) is 5.57 Å². The summed E-state index contributed by atoms with van der Waals surface area (Å²) < 4.78 is 36.4. The van der Waals surface area contributed by atoms with Crippen molar-refractivity contribution >= 4 is 5.97 Å². The number of allylic oxidation sites excluding steroid dienone is 3. The Labute approximate surface area is 369 Å². The van der Waals surface area contributed by atoms with E-state index in [2.05, 4.69) is 40.3 Å². The molecule has 358 valence electrons. The molecule has 5 aliphatic carbocycles. The molecule has 0 amide bonds. The Morgan fingerprint density at radius 1 is 0.762 bits per heavy atom. The van der Waals surface area contributed by atoms with Crippen LogP contribution in [-0.4, -0.2) is 169 Å². The maximum Gasteiger partial charge on any atom is 0.310 e. The molecule has 7 fully saturated rings. The van der Waals surface area contributed by atoms with Crippen molar-refractivity contribution in [2.45, 2.75) is 185 Å². The van der Waals surface area contributed by atoms with E-state index in [1.54, 1.807) is 0 Å². The summed E-state index contributed by atoms with van der Waals surface area (Å²) in [7, 11) is 0. The van der Waals surface area contributed by atoms with Crippen LogP contribution in [0.3, 0.4) is 0 Å². The van der Waals surface area contributed by atoms with Crippen LogP contribution < -0.4 is 0 Å². The second-order valence-corrected chi connectivity index (χ2v) is 21.7. The number of aliphatic hydroxyl groups excluding tert-OH is 9. The Morgan fingerprint density at radius 2 is 1.37 bits per heavy atom. The first-order chi connectivity index (χ1) is 29.5. The smallest absolute Gasteiger partial charge is 0.310 e. The summed E-state index contributed by atoms with van der Waals surface area (Å²) in [5.74, 6) is -0.689. The lowest BCUT2D eigenvalue weighted by Gasteiger charge is -2.71. The Morgan fingerprint density at radius 3 is 1.95 bits per heavy atom. The highest BCUT2D eigenvalue weighted by Gasteiger charge is 2.71. The Kier molecular flexibility index (Phi) is 12.8. The summed E-state index contributed by atoms with van der Waals surface area (Å²) in [6, 6.07) is 0. The molecule has 0 bridgehead atoms. The molecule has 0 aromatic rings. The van der Waals surface area contributed by atoms with Crippen LogP contribution in [0, 0.1) is 50.7 Å². The second kappa shape index (κ2) is 16.8. The Hall–Kier alpha value is -1.65. The molecule has 23 unspecified atom stereocenters. The van der Waals surface area contributed by atoms with Crippen molar-refractivity contribution in [2.75, 3.05) is 19.8 Å². The monoisotopic (exact) mass is 896 g/mol. The molecule has 0 spiro atoms. The molecule has 0 radical (unpaired) electrons. The van der Waals surface area contributed by atoms with Gasteiger partial charge in [-0.3, -0.25) is 4.79 Å². The average Bonchev–Trinajstić information content (AvgIpc) is 3.22. The van der Waals surface area contributed by atoms with Gasteiger partial charge in [0.05, 0.1) is 37.4 Å². The Balaban J connectivity index is 1.10. The molecule has 23 atom stereocenters. The summed E-state index contributed by atoms with van der Waals surface area (Å²) in [5.41, 5.74) is -0.112. The van der Waals surface area contributed by atoms with Crippen LogP contribution in [0.1, 0.15) is 92.9 Å². The highest BCUT2D eigenvalue weighted by molar-refractivity contribution is 5.77. The number of ether oxygens (including phenoxy) is 6. The zero-order valence-corrected chi connectivity index (χ0v) is 37.4. The van der Waals surface area contributed by atoms with Gasteiger partial charge in [0.15, 0.2) is 18.9 Å². The predicted molar refractivity (Wildman–Crippen MR) is 220 cm³/mol. The molecule has 3 saturated heterocycles. The predicted octanol–water partition coefficient (Wildman–Crippen LogP) is 0.731. The highest BCUT2D eigenvalue weighted by Crippen LogP contribution is 2.76. The molecule has 0 aromatic heterocycles. The van der Waals surface area contributed by atoms with E-state index in [4.69, 9.17) is 28.4 Å². The third-order valence-corrected chi connectivity index (χ3v) is 18.4. The number of rotatable bonds is 8. The SMILES string of the molecule is C=C1CCC2(C(=O)O)CCC3(C)C(=CCC4C5(C)CC(O)C(OC6OC(CO)C(O)C(OC7OCC(O)C(O)C7O)C6OC6OCC(O)C(O)C6O)C(C)(C)C5CCC43C)C2C1C. The fourth-order valence-corrected chi connectivity index (χ4v) is 14.7. The number of aliphatic carboxylic acids is 1. The lowest BCUT2D eigenvalue weighted by atomic mass is 9.33. The molecule has 63 heavy (non-hydrogen) atoms. The van der Waals surface area contributed by atoms with Gasteiger partial charge in [-0.25, -0.2) is 0 Å². The van der Waals surface area contributed by atoms with Gasteiger partial charge < -0.3 is 79.5 Å². The lowest BCUT2D eigenvalue weighted by Crippen LogP contribution is -2.69. The minimum absolute atomic E-state index is 0.00169. The molecular weight excluding hydrogens is 824 g/mol. The van der Waals surface area contributed by atoms with Crippen LogP contribution in [0.15, 0.2) is 23.8 Å². The van der Waals surface area contributed by atoms with E-state index in [9.17, 15) is 55.9 Å². The van der Waals surface area contributed by atoms with Gasteiger partial charge in [-0.05, 0) is 90.8 Å². The van der Waals surface area contributed by atoms with E-state index >= 15 is 0 Å². The molecule has 4 saturated carbocycles. The summed E-state index contributed by atoms with van der Waals surface area (Å²) in [5, 5.41) is 108. The largest absolute Gasteiger partial charge is 0.481 e. The second-order valence-electron chi connectivity index (χ2n) is 21.7. The number of hydrogen-bond donors (Lipinski definition) is 10. The molecular formula is C46H72O17. The van der Waals surface area contributed by atoms with Crippen LogP contribution >= 0.6 is 0 Å². The van der Waals surface area contributed by atoms with Gasteiger partial charge in [0.2, 0.25) is 0 Å². The third-order valence-electron chi connectivity index (χ3n) is 18.4. The minimum atomic E-state index is -1.79. The summed E-state index contributed by atoms with van der Waals surface area (Å²) in [6.07, 6.45) is -15.1. The first-order valence-electron chi connectivity index (χ1n) is 23.0. The topological polar surface area (TPSA) is 275 Å². The molecule has 8 aliphatic rings. The van der Waals surface area contributed by atoms with Crippen LogP contribution in [0.5, 0.6) is 0 Å². The minimum Gasteiger partial charge on any atom is -0.481 e. The maximum absolute atomic E-state index is 13.2. The highest BCUT2D eigenvalue weighted by atomic mass is 16.8. The van der Waals surface area contributed by atoms with Gasteiger partial charge in [-0.2, -0.15) is 0 Å². The van der Waals surface area contributed by atoms with Crippen molar-refractivity contribution in [3.63, 3.8) is 0 Å². The van der Waals surface area contributed by atoms with Gasteiger partial charge in [-0.15, -0.1) is 0 Å². The van der Waals surface area contributed by atoms with Gasteiger partial charge in [0.1, 0.15) is 61.0 Å². The van der Waals surface area contributed by atoms with Gasteiger partial charge in [-0.1, -0.05) is 65.3 Å². The van der Waals surface area contributed by atoms with E-state index in [1.807, 2.05) is 13.8 Å². The zero-order chi connectivity index (χ0) is 45.9. The van der Waals surface area contributed by atoms with Crippen LogP contribution in [0.25, 0.3) is 0 Å². The van der Waals surface area contributed by atoms with Crippen molar-refractivity contribution in [1.82, 2.24) is 0 Å². The van der Waals surface area contributed by atoms with Crippen molar-refractivity contribution in [1.29, 1.82) is 0 Å². The average molecular weight is 897 g/mol. The fraction of sp³-hybridized carbons (Fsp3) is 0.891. The number of hydrogen-bond acceptors (Lipinski definition) is 16. The molecule has 17 nitrogen and oxygen atoms in total. The first-order valence-corrected chi connectivity index (χ1v) is 23.0. The van der Waals surface area contributed by atoms with Crippen LogP contribution in [0.2, 0.25) is 0 Å². The maximum atomic E-state index is 13.2. The van der Waals surface area contributed by atoms with Crippen LogP contribution in [-0.2, 0) is 33.2 Å². The lowest BCUT2D eigenvalue weighted by molar-refractivity contribution is -0.394. The third kappa shape index (κ3) is 7.25. The van der Waals surface area contributed by atoms with Crippen molar-refractivity contribution in [3.05, 3.63) is 23.8 Å². The van der Waals surface area contributed by atoms with Crippen LogP contribution in [0.4, 0.5) is 0 Å². The Bertz CT molecular complexity index is 1760. The normalized spacial score (nSPS) is 54.5. The van der Waals surface area contributed by atoms with Gasteiger partial charge >= 0.3 is 5.97 Å². The van der Waals surface area contributed by atoms with Crippen molar-refractivity contribution in [2.24, 2.45) is 50.7 Å². The molecule has 17 heteroatoms. The van der Waals surface area contributed by atoms with Crippen molar-refractivity contribution < 1.29 is 84.3 Å². The van der Waals surface area contributed by atoms with E-state index in [-0.39, 0.29) is 34.5 Å². The number of aliphatic hydroxyl groups is 9. The number of fused-ring (bicyclic) bond motifs is 7. The molecule has 3 heterocycles. The van der Waals surface area contributed by atoms with Crippen molar-refractivity contribution in [3.8, 4) is 0 Å². The summed E-state index contributed by atoms with van der Waals surface area (Å²) in [6.45, 7) is 16.0. The fourth-order valence-electron chi connectivity index (χ4n) is 14.7. The van der Waals surface area contributed by atoms with Gasteiger partial charge in [0.25, 0.3) is 0 Å². The number of carbonyl (C=O) groups is 1. The van der Waals surface area contributed by atoms with E-state index in [0.29, 0.717) is 25.7 Å². The first kappa shape index (κ1) is 47.8. The molecule has 3 aliphatic heterocycles.